The number of fused-ring (bicyclic) bond motifs is 1. The fraction of sp³-hybridized carbons (Fsp3) is 0. The molecule has 104 valence electrons. The van der Waals surface area contributed by atoms with Crippen LogP contribution in [0.1, 0.15) is 10.4 Å². The van der Waals surface area contributed by atoms with Gasteiger partial charge >= 0.3 is 0 Å². The van der Waals surface area contributed by atoms with Crippen molar-refractivity contribution in [2.45, 2.75) is 0 Å². The van der Waals surface area contributed by atoms with Gasteiger partial charge in [-0.1, -0.05) is 46.3 Å². The molecular formula is C17H12BrNO2. The standard InChI is InChI=1S/C17H12BrNO2/c18-13-8-5-12(6-9-13)17(21)19-16-14-4-2-1-3-11(14)7-10-15(16)20/h1-10,20H,(H,19,21). The Morgan fingerprint density at radius 2 is 1.67 bits per heavy atom. The SMILES string of the molecule is O=C(Nc1c(O)ccc2ccccc12)c1ccc(Br)cc1. The molecule has 0 heterocycles. The number of rotatable bonds is 2. The number of hydrogen-bond donors (Lipinski definition) is 2. The highest BCUT2D eigenvalue weighted by Crippen LogP contribution is 2.32. The van der Waals surface area contributed by atoms with E-state index < -0.39 is 0 Å². The molecule has 0 fully saturated rings. The molecule has 3 rings (SSSR count). The van der Waals surface area contributed by atoms with Gasteiger partial charge in [0.25, 0.3) is 5.91 Å². The molecule has 0 bridgehead atoms. The van der Waals surface area contributed by atoms with Gasteiger partial charge in [0.2, 0.25) is 0 Å². The molecule has 0 atom stereocenters. The summed E-state index contributed by atoms with van der Waals surface area (Å²) >= 11 is 3.33. The van der Waals surface area contributed by atoms with Crippen LogP contribution in [0.2, 0.25) is 0 Å². The molecule has 0 aliphatic carbocycles. The third-order valence-electron chi connectivity index (χ3n) is 3.25. The molecular weight excluding hydrogens is 330 g/mol. The van der Waals surface area contributed by atoms with Crippen LogP contribution in [0.5, 0.6) is 5.75 Å². The summed E-state index contributed by atoms with van der Waals surface area (Å²) in [6.45, 7) is 0. The Bertz CT molecular complexity index is 813. The molecule has 0 saturated carbocycles. The lowest BCUT2D eigenvalue weighted by Crippen LogP contribution is -2.12. The lowest BCUT2D eigenvalue weighted by molar-refractivity contribution is 0.102. The highest BCUT2D eigenvalue weighted by atomic mass is 79.9. The molecule has 0 aliphatic heterocycles. The predicted molar refractivity (Wildman–Crippen MR) is 87.7 cm³/mol. The summed E-state index contributed by atoms with van der Waals surface area (Å²) in [4.78, 5) is 12.3. The van der Waals surface area contributed by atoms with Gasteiger partial charge in [0.05, 0.1) is 5.69 Å². The van der Waals surface area contributed by atoms with Crippen molar-refractivity contribution in [1.29, 1.82) is 0 Å². The van der Waals surface area contributed by atoms with E-state index in [-0.39, 0.29) is 11.7 Å². The predicted octanol–water partition coefficient (Wildman–Crippen LogP) is 4.56. The number of hydrogen-bond acceptors (Lipinski definition) is 2. The molecule has 4 heteroatoms. The average molecular weight is 342 g/mol. The maximum atomic E-state index is 12.3. The van der Waals surface area contributed by atoms with Crippen molar-refractivity contribution in [1.82, 2.24) is 0 Å². The lowest BCUT2D eigenvalue weighted by Gasteiger charge is -2.11. The monoisotopic (exact) mass is 341 g/mol. The number of halogens is 1. The minimum atomic E-state index is -0.255. The maximum Gasteiger partial charge on any atom is 0.255 e. The van der Waals surface area contributed by atoms with Crippen molar-refractivity contribution in [3.63, 3.8) is 0 Å². The molecule has 0 aromatic heterocycles. The average Bonchev–Trinajstić information content (AvgIpc) is 2.51. The van der Waals surface area contributed by atoms with E-state index in [4.69, 9.17) is 0 Å². The van der Waals surface area contributed by atoms with Gasteiger partial charge in [-0.2, -0.15) is 0 Å². The minimum Gasteiger partial charge on any atom is -0.506 e. The molecule has 0 radical (unpaired) electrons. The molecule has 3 nitrogen and oxygen atoms in total. The number of amides is 1. The Balaban J connectivity index is 1.99. The van der Waals surface area contributed by atoms with Crippen LogP contribution in [0.4, 0.5) is 5.69 Å². The summed E-state index contributed by atoms with van der Waals surface area (Å²) in [6, 6.07) is 18.0. The zero-order valence-electron chi connectivity index (χ0n) is 11.0. The smallest absolute Gasteiger partial charge is 0.255 e. The van der Waals surface area contributed by atoms with Crippen molar-refractivity contribution >= 4 is 38.3 Å². The van der Waals surface area contributed by atoms with E-state index in [1.807, 2.05) is 30.3 Å². The fourth-order valence-electron chi connectivity index (χ4n) is 2.18. The van der Waals surface area contributed by atoms with E-state index >= 15 is 0 Å². The van der Waals surface area contributed by atoms with Gasteiger partial charge in [-0.3, -0.25) is 4.79 Å². The first-order valence-electron chi connectivity index (χ1n) is 6.43. The van der Waals surface area contributed by atoms with Crippen LogP contribution in [-0.4, -0.2) is 11.0 Å². The summed E-state index contributed by atoms with van der Waals surface area (Å²) in [7, 11) is 0. The molecule has 1 amide bonds. The Morgan fingerprint density at radius 1 is 0.952 bits per heavy atom. The Kier molecular flexibility index (Phi) is 3.62. The minimum absolute atomic E-state index is 0.0548. The highest BCUT2D eigenvalue weighted by molar-refractivity contribution is 9.10. The second kappa shape index (κ2) is 5.58. The van der Waals surface area contributed by atoms with Crippen molar-refractivity contribution < 1.29 is 9.90 Å². The first kappa shape index (κ1) is 13.6. The summed E-state index contributed by atoms with van der Waals surface area (Å²) in [5, 5.41) is 14.6. The van der Waals surface area contributed by atoms with Crippen molar-refractivity contribution in [3.05, 3.63) is 70.7 Å². The number of carbonyl (C=O) groups is 1. The van der Waals surface area contributed by atoms with Crippen molar-refractivity contribution in [2.75, 3.05) is 5.32 Å². The van der Waals surface area contributed by atoms with E-state index in [0.717, 1.165) is 15.2 Å². The Labute approximate surface area is 130 Å². The van der Waals surface area contributed by atoms with Gasteiger partial charge in [0, 0.05) is 15.4 Å². The van der Waals surface area contributed by atoms with E-state index in [2.05, 4.69) is 21.2 Å². The molecule has 0 aliphatic rings. The zero-order valence-corrected chi connectivity index (χ0v) is 12.6. The van der Waals surface area contributed by atoms with Crippen LogP contribution >= 0.6 is 15.9 Å². The van der Waals surface area contributed by atoms with E-state index in [9.17, 15) is 9.90 Å². The van der Waals surface area contributed by atoms with Gasteiger partial charge in [-0.05, 0) is 35.7 Å². The number of nitrogens with one attached hydrogen (secondary N) is 1. The molecule has 21 heavy (non-hydrogen) atoms. The van der Waals surface area contributed by atoms with Gasteiger partial charge in [-0.25, -0.2) is 0 Å². The van der Waals surface area contributed by atoms with Crippen LogP contribution in [0.3, 0.4) is 0 Å². The van der Waals surface area contributed by atoms with Crippen LogP contribution in [0.15, 0.2) is 65.1 Å². The largest absolute Gasteiger partial charge is 0.506 e. The lowest BCUT2D eigenvalue weighted by atomic mass is 10.1. The summed E-state index contributed by atoms with van der Waals surface area (Å²) in [6.07, 6.45) is 0. The second-order valence-corrected chi connectivity index (χ2v) is 5.56. The Hall–Kier alpha value is -2.33. The molecule has 3 aromatic carbocycles. The number of anilines is 1. The third-order valence-corrected chi connectivity index (χ3v) is 3.78. The first-order chi connectivity index (χ1) is 10.1. The van der Waals surface area contributed by atoms with Crippen molar-refractivity contribution in [3.8, 4) is 5.75 Å². The molecule has 3 aromatic rings. The summed E-state index contributed by atoms with van der Waals surface area (Å²) in [5.41, 5.74) is 0.964. The van der Waals surface area contributed by atoms with Crippen LogP contribution in [0, 0.1) is 0 Å². The van der Waals surface area contributed by atoms with Crippen molar-refractivity contribution in [2.24, 2.45) is 0 Å². The Morgan fingerprint density at radius 3 is 2.43 bits per heavy atom. The zero-order chi connectivity index (χ0) is 14.8. The van der Waals surface area contributed by atoms with Gasteiger partial charge in [-0.15, -0.1) is 0 Å². The molecule has 0 unspecified atom stereocenters. The summed E-state index contributed by atoms with van der Waals surface area (Å²) < 4.78 is 0.909. The summed E-state index contributed by atoms with van der Waals surface area (Å²) in [5.74, 6) is -0.201. The maximum absolute atomic E-state index is 12.3. The number of aromatic hydroxyl groups is 1. The van der Waals surface area contributed by atoms with E-state index in [1.165, 1.54) is 0 Å². The van der Waals surface area contributed by atoms with Crippen LogP contribution in [0.25, 0.3) is 10.8 Å². The molecule has 0 spiro atoms. The van der Waals surface area contributed by atoms with Crippen LogP contribution in [-0.2, 0) is 0 Å². The second-order valence-electron chi connectivity index (χ2n) is 4.64. The number of carbonyl (C=O) groups excluding carboxylic acids is 1. The number of benzene rings is 3. The normalized spacial score (nSPS) is 10.5. The third kappa shape index (κ3) is 2.76. The quantitative estimate of drug-likeness (QED) is 0.671. The fourth-order valence-corrected chi connectivity index (χ4v) is 2.44. The van der Waals surface area contributed by atoms with E-state index in [0.29, 0.717) is 11.3 Å². The molecule has 2 N–H and O–H groups in total. The molecule has 0 saturated heterocycles. The van der Waals surface area contributed by atoms with Gasteiger partial charge in [0.15, 0.2) is 0 Å². The van der Waals surface area contributed by atoms with Crippen LogP contribution < -0.4 is 5.32 Å². The van der Waals surface area contributed by atoms with Gasteiger partial charge < -0.3 is 10.4 Å². The first-order valence-corrected chi connectivity index (χ1v) is 7.22. The highest BCUT2D eigenvalue weighted by Gasteiger charge is 2.11. The number of phenolic OH excluding ortho intramolecular Hbond substituents is 1. The number of phenols is 1. The topological polar surface area (TPSA) is 49.3 Å². The van der Waals surface area contributed by atoms with E-state index in [1.54, 1.807) is 30.3 Å². The van der Waals surface area contributed by atoms with Gasteiger partial charge in [0.1, 0.15) is 5.75 Å².